The molecule has 0 saturated carbocycles. The van der Waals surface area contributed by atoms with Gasteiger partial charge in [0.15, 0.2) is 5.96 Å². The summed E-state index contributed by atoms with van der Waals surface area (Å²) >= 11 is 0. The van der Waals surface area contributed by atoms with Gasteiger partial charge in [-0.3, -0.25) is 9.59 Å². The van der Waals surface area contributed by atoms with Crippen LogP contribution in [0, 0.1) is 33.5 Å². The summed E-state index contributed by atoms with van der Waals surface area (Å²) in [6.45, 7) is 20.1. The molecule has 2 unspecified atom stereocenters. The second kappa shape index (κ2) is 8.19. The van der Waals surface area contributed by atoms with Crippen molar-refractivity contribution in [1.29, 1.82) is 0 Å². The number of carboxylic acid groups (broad SMARTS) is 1. The van der Waals surface area contributed by atoms with E-state index in [2.05, 4.69) is 25.8 Å². The first kappa shape index (κ1) is 25.4. The first-order valence-corrected chi connectivity index (χ1v) is 9.58. The lowest BCUT2D eigenvalue weighted by Gasteiger charge is -2.49. The molecule has 1 amide bonds. The highest BCUT2D eigenvalue weighted by Crippen LogP contribution is 2.53. The van der Waals surface area contributed by atoms with E-state index in [1.54, 1.807) is 0 Å². The Kier molecular flexibility index (Phi) is 7.71. The Morgan fingerprint density at radius 3 is 1.59 bits per heavy atom. The fraction of sp³-hybridized carbons (Fsp3) is 0.857. The molecule has 0 aliphatic rings. The minimum absolute atomic E-state index is 0.108. The molecule has 0 aliphatic carbocycles. The summed E-state index contributed by atoms with van der Waals surface area (Å²) in [6, 6.07) is 0. The zero-order chi connectivity index (χ0) is 22.0. The highest BCUT2D eigenvalue weighted by Gasteiger charge is 2.50. The van der Waals surface area contributed by atoms with Gasteiger partial charge in [0, 0.05) is 5.92 Å². The average Bonchev–Trinajstić information content (AvgIpc) is 2.38. The van der Waals surface area contributed by atoms with Crippen LogP contribution in [0.3, 0.4) is 0 Å². The number of nitrogens with two attached hydrogens (primary N) is 2. The van der Waals surface area contributed by atoms with Crippen molar-refractivity contribution in [2.45, 2.75) is 82.1 Å². The molecule has 6 heteroatoms. The highest BCUT2D eigenvalue weighted by molar-refractivity contribution is 5.93. The molecule has 158 valence electrons. The molecule has 0 saturated heterocycles. The molecule has 6 nitrogen and oxygen atoms in total. The third-order valence-electron chi connectivity index (χ3n) is 6.03. The maximum absolute atomic E-state index is 12.9. The molecule has 2 atom stereocenters. The van der Waals surface area contributed by atoms with Crippen LogP contribution in [0.1, 0.15) is 82.1 Å². The molecule has 0 radical (unpaired) electrons. The molecule has 0 rings (SSSR count). The number of carbonyl (C=O) groups is 2. The van der Waals surface area contributed by atoms with Crippen LogP contribution in [0.5, 0.6) is 0 Å². The third kappa shape index (κ3) is 7.15. The van der Waals surface area contributed by atoms with Crippen LogP contribution in [0.15, 0.2) is 4.99 Å². The second-order valence-electron chi connectivity index (χ2n) is 11.3. The van der Waals surface area contributed by atoms with E-state index in [0.29, 0.717) is 12.8 Å². The summed E-state index contributed by atoms with van der Waals surface area (Å²) < 4.78 is 0. The maximum atomic E-state index is 12.9. The Balaban J connectivity index is 6.10. The van der Waals surface area contributed by atoms with Crippen LogP contribution in [0.4, 0.5) is 0 Å². The van der Waals surface area contributed by atoms with Gasteiger partial charge in [-0.15, -0.1) is 0 Å². The van der Waals surface area contributed by atoms with E-state index in [0.717, 1.165) is 0 Å². The molecule has 0 aliphatic heterocycles. The summed E-state index contributed by atoms with van der Waals surface area (Å²) in [5, 5.41) is 9.77. The van der Waals surface area contributed by atoms with Crippen molar-refractivity contribution in [3.8, 4) is 0 Å². The fourth-order valence-corrected chi connectivity index (χ4v) is 3.48. The number of rotatable bonds is 7. The molecule has 5 N–H and O–H groups in total. The predicted molar refractivity (Wildman–Crippen MR) is 111 cm³/mol. The Labute approximate surface area is 165 Å². The van der Waals surface area contributed by atoms with E-state index < -0.39 is 28.6 Å². The van der Waals surface area contributed by atoms with E-state index in [1.165, 1.54) is 0 Å². The predicted octanol–water partition coefficient (Wildman–Crippen LogP) is 4.03. The monoisotopic (exact) mass is 383 g/mol. The summed E-state index contributed by atoms with van der Waals surface area (Å²) in [5.41, 5.74) is 9.46. The van der Waals surface area contributed by atoms with E-state index in [1.807, 2.05) is 48.5 Å². The smallest absolute Gasteiger partial charge is 0.307 e. The first-order chi connectivity index (χ1) is 11.7. The zero-order valence-corrected chi connectivity index (χ0v) is 18.9. The Morgan fingerprint density at radius 1 is 0.852 bits per heavy atom. The lowest BCUT2D eigenvalue weighted by molar-refractivity contribution is -0.149. The van der Waals surface area contributed by atoms with E-state index >= 15 is 0 Å². The highest BCUT2D eigenvalue weighted by atomic mass is 16.4. The minimum atomic E-state index is -0.811. The van der Waals surface area contributed by atoms with Crippen molar-refractivity contribution in [2.75, 3.05) is 0 Å². The van der Waals surface area contributed by atoms with Gasteiger partial charge in [0.2, 0.25) is 0 Å². The van der Waals surface area contributed by atoms with Crippen molar-refractivity contribution >= 4 is 17.8 Å². The average molecular weight is 384 g/mol. The summed E-state index contributed by atoms with van der Waals surface area (Å²) in [5.74, 6) is -2.35. The Morgan fingerprint density at radius 2 is 1.30 bits per heavy atom. The van der Waals surface area contributed by atoms with Gasteiger partial charge in [0.1, 0.15) is 0 Å². The number of aliphatic carboxylic acids is 1. The summed E-state index contributed by atoms with van der Waals surface area (Å²) in [7, 11) is 0. The van der Waals surface area contributed by atoms with Crippen LogP contribution in [-0.2, 0) is 9.59 Å². The molecule has 0 aromatic rings. The number of carbonyl (C=O) groups excluding carboxylic acids is 1. The fourth-order valence-electron chi connectivity index (χ4n) is 3.48. The van der Waals surface area contributed by atoms with Gasteiger partial charge in [0.25, 0.3) is 5.91 Å². The molecule has 0 bridgehead atoms. The quantitative estimate of drug-likeness (QED) is 0.453. The van der Waals surface area contributed by atoms with Gasteiger partial charge in [0.05, 0.1) is 5.92 Å². The Hall–Kier alpha value is -1.59. The zero-order valence-electron chi connectivity index (χ0n) is 18.9. The number of guanidine groups is 1. The Bertz CT molecular complexity index is 574. The number of amides is 1. The molecule has 0 heterocycles. The summed E-state index contributed by atoms with van der Waals surface area (Å²) in [6.07, 6.45) is 1.06. The van der Waals surface area contributed by atoms with E-state index in [4.69, 9.17) is 11.5 Å². The van der Waals surface area contributed by atoms with Crippen LogP contribution in [0.2, 0.25) is 0 Å². The third-order valence-corrected chi connectivity index (χ3v) is 6.03. The van der Waals surface area contributed by atoms with Gasteiger partial charge in [-0.1, -0.05) is 69.2 Å². The largest absolute Gasteiger partial charge is 0.481 e. The number of nitrogens with zero attached hydrogens (tertiary/aromatic N) is 1. The van der Waals surface area contributed by atoms with Gasteiger partial charge >= 0.3 is 5.97 Å². The molecule has 0 fully saturated rings. The molecule has 27 heavy (non-hydrogen) atoms. The normalized spacial score (nSPS) is 15.8. The van der Waals surface area contributed by atoms with E-state index in [9.17, 15) is 14.7 Å². The summed E-state index contributed by atoms with van der Waals surface area (Å²) in [4.78, 5) is 28.6. The number of hydrogen-bond donors (Lipinski definition) is 3. The lowest BCUT2D eigenvalue weighted by Crippen LogP contribution is -2.47. The van der Waals surface area contributed by atoms with Crippen molar-refractivity contribution < 1.29 is 14.7 Å². The van der Waals surface area contributed by atoms with Crippen molar-refractivity contribution in [1.82, 2.24) is 0 Å². The number of aliphatic imine (C=N–C) groups is 1. The standard InChI is InChI=1S/C21H41N3O3/c1-18(2,3)11-13(15(25)24-17(22)23)21(9,10)20(7,8)12-14(16(26)27)19(4,5)6/h13-14H,11-12H2,1-10H3,(H,26,27)(H4,22,23,24,25). The second-order valence-corrected chi connectivity index (χ2v) is 11.3. The van der Waals surface area contributed by atoms with Crippen molar-refractivity contribution in [3.63, 3.8) is 0 Å². The van der Waals surface area contributed by atoms with Gasteiger partial charge in [-0.2, -0.15) is 4.99 Å². The molecule has 0 aromatic carbocycles. The van der Waals surface area contributed by atoms with E-state index in [-0.39, 0.29) is 22.7 Å². The van der Waals surface area contributed by atoms with Crippen molar-refractivity contribution in [3.05, 3.63) is 0 Å². The SMILES string of the molecule is CC(C)(C)CC(C(=O)N=C(N)N)C(C)(C)C(C)(C)CC(C(=O)O)C(C)(C)C. The minimum Gasteiger partial charge on any atom is -0.481 e. The molecular weight excluding hydrogens is 342 g/mol. The van der Waals surface area contributed by atoms with Gasteiger partial charge < -0.3 is 16.6 Å². The maximum Gasteiger partial charge on any atom is 0.307 e. The van der Waals surface area contributed by atoms with Gasteiger partial charge in [-0.05, 0) is 34.5 Å². The van der Waals surface area contributed by atoms with Gasteiger partial charge in [-0.25, -0.2) is 0 Å². The lowest BCUT2D eigenvalue weighted by atomic mass is 9.54. The number of hydrogen-bond acceptors (Lipinski definition) is 2. The van der Waals surface area contributed by atoms with Crippen LogP contribution in [0.25, 0.3) is 0 Å². The molecule has 0 aromatic heterocycles. The van der Waals surface area contributed by atoms with Crippen LogP contribution >= 0.6 is 0 Å². The molecular formula is C21H41N3O3. The van der Waals surface area contributed by atoms with Crippen LogP contribution < -0.4 is 11.5 Å². The van der Waals surface area contributed by atoms with Crippen LogP contribution in [-0.4, -0.2) is 22.9 Å². The van der Waals surface area contributed by atoms with Crippen molar-refractivity contribution in [2.24, 2.45) is 50.0 Å². The number of carboxylic acids is 1. The first-order valence-electron chi connectivity index (χ1n) is 9.58. The topological polar surface area (TPSA) is 119 Å². The molecule has 0 spiro atoms.